The van der Waals surface area contributed by atoms with Crippen LogP contribution in [0, 0.1) is 11.8 Å². The molecule has 0 saturated carbocycles. The van der Waals surface area contributed by atoms with E-state index in [1.807, 2.05) is 6.92 Å². The van der Waals surface area contributed by atoms with Gasteiger partial charge in [-0.3, -0.25) is 4.79 Å². The largest absolute Gasteiger partial charge is 0.419 e. The van der Waals surface area contributed by atoms with Crippen LogP contribution in [0.15, 0.2) is 12.2 Å². The van der Waals surface area contributed by atoms with E-state index in [-0.39, 0.29) is 30.0 Å². The summed E-state index contributed by atoms with van der Waals surface area (Å²) in [4.78, 5) is 23.5. The second-order valence-electron chi connectivity index (χ2n) is 5.47. The standard InChI is InChI=1S/C13H16O5/c1-6(2)11(14)17-13-5-8-4-9(10(13)16-8)7(3)12(15)18-13/h7-10H,1,4-5H2,2-3H3. The summed E-state index contributed by atoms with van der Waals surface area (Å²) in [6.45, 7) is 6.94. The zero-order valence-corrected chi connectivity index (χ0v) is 10.5. The molecule has 0 aromatic rings. The Hall–Kier alpha value is -1.36. The van der Waals surface area contributed by atoms with Crippen LogP contribution in [0.1, 0.15) is 26.7 Å². The zero-order valence-electron chi connectivity index (χ0n) is 10.5. The molecule has 0 aromatic heterocycles. The molecule has 18 heavy (non-hydrogen) atoms. The molecule has 5 nitrogen and oxygen atoms in total. The summed E-state index contributed by atoms with van der Waals surface area (Å²) in [5.74, 6) is -2.17. The highest BCUT2D eigenvalue weighted by Gasteiger charge is 2.67. The van der Waals surface area contributed by atoms with Crippen LogP contribution >= 0.6 is 0 Å². The van der Waals surface area contributed by atoms with Gasteiger partial charge in [0.2, 0.25) is 0 Å². The normalized spacial score (nSPS) is 44.7. The summed E-state index contributed by atoms with van der Waals surface area (Å²) in [7, 11) is 0. The predicted molar refractivity (Wildman–Crippen MR) is 60.3 cm³/mol. The maximum Gasteiger partial charge on any atom is 0.336 e. The third kappa shape index (κ3) is 1.43. The number of carbonyl (C=O) groups excluding carboxylic acids is 2. The molecule has 0 aromatic carbocycles. The van der Waals surface area contributed by atoms with E-state index in [1.165, 1.54) is 0 Å². The van der Waals surface area contributed by atoms with Crippen molar-refractivity contribution in [1.82, 2.24) is 0 Å². The first-order chi connectivity index (χ1) is 8.43. The van der Waals surface area contributed by atoms with Crippen molar-refractivity contribution >= 4 is 11.9 Å². The fraction of sp³-hybridized carbons (Fsp3) is 0.692. The summed E-state index contributed by atoms with van der Waals surface area (Å²) in [6, 6.07) is 0. The molecule has 3 saturated heterocycles. The van der Waals surface area contributed by atoms with E-state index in [0.717, 1.165) is 6.42 Å². The highest BCUT2D eigenvalue weighted by Crippen LogP contribution is 2.53. The van der Waals surface area contributed by atoms with Gasteiger partial charge in [0.15, 0.2) is 0 Å². The van der Waals surface area contributed by atoms with E-state index in [0.29, 0.717) is 12.0 Å². The molecule has 5 unspecified atom stereocenters. The molecule has 98 valence electrons. The molecule has 3 aliphatic heterocycles. The van der Waals surface area contributed by atoms with Gasteiger partial charge in [0.1, 0.15) is 6.10 Å². The van der Waals surface area contributed by atoms with Gasteiger partial charge < -0.3 is 14.2 Å². The molecular formula is C13H16O5. The second kappa shape index (κ2) is 3.57. The lowest BCUT2D eigenvalue weighted by Gasteiger charge is -2.43. The molecule has 0 spiro atoms. The molecule has 3 aliphatic rings. The van der Waals surface area contributed by atoms with Crippen LogP contribution < -0.4 is 0 Å². The highest BCUT2D eigenvalue weighted by molar-refractivity contribution is 5.87. The summed E-state index contributed by atoms with van der Waals surface area (Å²) >= 11 is 0. The van der Waals surface area contributed by atoms with Crippen molar-refractivity contribution in [3.8, 4) is 0 Å². The van der Waals surface area contributed by atoms with Gasteiger partial charge in [-0.2, -0.15) is 0 Å². The molecule has 3 rings (SSSR count). The predicted octanol–water partition coefficient (Wildman–Crippen LogP) is 1.17. The highest BCUT2D eigenvalue weighted by atomic mass is 16.8. The minimum absolute atomic E-state index is 0.0217. The first-order valence-corrected chi connectivity index (χ1v) is 6.20. The Morgan fingerprint density at radius 1 is 1.56 bits per heavy atom. The van der Waals surface area contributed by atoms with Crippen molar-refractivity contribution in [2.75, 3.05) is 0 Å². The Balaban J connectivity index is 1.89. The Morgan fingerprint density at radius 3 is 2.89 bits per heavy atom. The van der Waals surface area contributed by atoms with Crippen molar-refractivity contribution in [1.29, 1.82) is 0 Å². The number of hydrogen-bond donors (Lipinski definition) is 0. The lowest BCUT2D eigenvalue weighted by molar-refractivity contribution is -0.267. The lowest BCUT2D eigenvalue weighted by atomic mass is 9.75. The van der Waals surface area contributed by atoms with Gasteiger partial charge in [0, 0.05) is 11.5 Å². The number of fused-ring (bicyclic) bond motifs is 1. The van der Waals surface area contributed by atoms with Crippen LogP contribution in [0.2, 0.25) is 0 Å². The van der Waals surface area contributed by atoms with E-state index in [1.54, 1.807) is 6.92 Å². The average molecular weight is 252 g/mol. The van der Waals surface area contributed by atoms with Crippen LogP contribution in [0.25, 0.3) is 0 Å². The molecule has 0 amide bonds. The van der Waals surface area contributed by atoms with Gasteiger partial charge in [0.05, 0.1) is 18.4 Å². The van der Waals surface area contributed by atoms with Crippen molar-refractivity contribution in [2.45, 2.75) is 44.7 Å². The van der Waals surface area contributed by atoms with Crippen LogP contribution in [-0.4, -0.2) is 29.9 Å². The molecule has 0 aliphatic carbocycles. The number of rotatable bonds is 2. The zero-order chi connectivity index (χ0) is 13.1. The van der Waals surface area contributed by atoms with Gasteiger partial charge >= 0.3 is 11.9 Å². The molecule has 2 bridgehead atoms. The molecule has 5 heteroatoms. The molecular weight excluding hydrogens is 236 g/mol. The molecule has 3 fully saturated rings. The average Bonchev–Trinajstić information content (AvgIpc) is 2.84. The van der Waals surface area contributed by atoms with Gasteiger partial charge in [-0.15, -0.1) is 0 Å². The number of hydrogen-bond acceptors (Lipinski definition) is 5. The third-order valence-corrected chi connectivity index (χ3v) is 4.11. The fourth-order valence-corrected chi connectivity index (χ4v) is 3.15. The fourth-order valence-electron chi connectivity index (χ4n) is 3.15. The Morgan fingerprint density at radius 2 is 2.28 bits per heavy atom. The van der Waals surface area contributed by atoms with Crippen LogP contribution in [-0.2, 0) is 23.8 Å². The summed E-state index contributed by atoms with van der Waals surface area (Å²) in [6.07, 6.45) is 0.978. The maximum atomic E-state index is 11.8. The van der Waals surface area contributed by atoms with Crippen LogP contribution in [0.3, 0.4) is 0 Å². The summed E-state index contributed by atoms with van der Waals surface area (Å²) in [5, 5.41) is 0. The monoisotopic (exact) mass is 252 g/mol. The number of carbonyl (C=O) groups is 2. The van der Waals surface area contributed by atoms with E-state index in [4.69, 9.17) is 14.2 Å². The second-order valence-corrected chi connectivity index (χ2v) is 5.47. The Bertz CT molecular complexity index is 443. The van der Waals surface area contributed by atoms with Gasteiger partial charge in [-0.05, 0) is 13.3 Å². The van der Waals surface area contributed by atoms with Crippen molar-refractivity contribution in [2.24, 2.45) is 11.8 Å². The molecule has 0 radical (unpaired) electrons. The number of ether oxygens (including phenoxy) is 3. The smallest absolute Gasteiger partial charge is 0.336 e. The van der Waals surface area contributed by atoms with Gasteiger partial charge in [-0.1, -0.05) is 13.5 Å². The summed E-state index contributed by atoms with van der Waals surface area (Å²) in [5.41, 5.74) is 0.290. The topological polar surface area (TPSA) is 61.8 Å². The SMILES string of the molecule is C=C(C)C(=O)OC12CC3CC(C(C)C(=O)O1)C2O3. The molecule has 5 atom stereocenters. The van der Waals surface area contributed by atoms with Crippen LogP contribution in [0.4, 0.5) is 0 Å². The van der Waals surface area contributed by atoms with Gasteiger partial charge in [0.25, 0.3) is 5.79 Å². The molecule has 0 N–H and O–H groups in total. The minimum atomic E-state index is -1.22. The van der Waals surface area contributed by atoms with Crippen molar-refractivity contribution in [3.63, 3.8) is 0 Å². The van der Waals surface area contributed by atoms with E-state index in [2.05, 4.69) is 6.58 Å². The first-order valence-electron chi connectivity index (χ1n) is 6.20. The maximum absolute atomic E-state index is 11.8. The lowest BCUT2D eigenvalue weighted by Crippen LogP contribution is -2.58. The summed E-state index contributed by atoms with van der Waals surface area (Å²) < 4.78 is 16.5. The van der Waals surface area contributed by atoms with Gasteiger partial charge in [-0.25, -0.2) is 4.79 Å². The van der Waals surface area contributed by atoms with E-state index < -0.39 is 11.8 Å². The Labute approximate surface area is 105 Å². The van der Waals surface area contributed by atoms with E-state index in [9.17, 15) is 9.59 Å². The van der Waals surface area contributed by atoms with Crippen molar-refractivity contribution in [3.05, 3.63) is 12.2 Å². The minimum Gasteiger partial charge on any atom is -0.419 e. The van der Waals surface area contributed by atoms with E-state index >= 15 is 0 Å². The number of esters is 2. The third-order valence-electron chi connectivity index (χ3n) is 4.11. The van der Waals surface area contributed by atoms with Crippen LogP contribution in [0.5, 0.6) is 0 Å². The van der Waals surface area contributed by atoms with Crippen molar-refractivity contribution < 1.29 is 23.8 Å². The first kappa shape index (κ1) is 11.7. The quantitative estimate of drug-likeness (QED) is 0.545. The Kier molecular flexibility index (Phi) is 2.32. The molecule has 3 heterocycles.